The maximum atomic E-state index is 8.65. The van der Waals surface area contributed by atoms with Crippen molar-refractivity contribution in [2.24, 2.45) is 0 Å². The van der Waals surface area contributed by atoms with Crippen molar-refractivity contribution in [2.45, 2.75) is 13.8 Å². The van der Waals surface area contributed by atoms with Crippen molar-refractivity contribution >= 4 is 21.6 Å². The van der Waals surface area contributed by atoms with E-state index in [1.807, 2.05) is 26.0 Å². The average Bonchev–Trinajstić information content (AvgIpc) is 2.01. The van der Waals surface area contributed by atoms with Gasteiger partial charge in [0.05, 0.1) is 0 Å². The van der Waals surface area contributed by atoms with Gasteiger partial charge >= 0.3 is 0 Å². The molecule has 0 heterocycles. The van der Waals surface area contributed by atoms with Gasteiger partial charge in [0, 0.05) is 10.2 Å². The van der Waals surface area contributed by atoms with Gasteiger partial charge in [-0.25, -0.2) is 0 Å². The lowest BCUT2D eigenvalue weighted by Crippen LogP contribution is -2.00. The number of nitrogens with one attached hydrogen (secondary N) is 1. The second-order valence-electron chi connectivity index (χ2n) is 2.76. The van der Waals surface area contributed by atoms with Gasteiger partial charge in [0.15, 0.2) is 0 Å². The van der Waals surface area contributed by atoms with Gasteiger partial charge in [0.2, 0.25) is 0 Å². The zero-order valence-electron chi connectivity index (χ0n) is 7.19. The molecule has 2 nitrogen and oxygen atoms in total. The third kappa shape index (κ3) is 1.99. The van der Waals surface area contributed by atoms with Crippen LogP contribution < -0.4 is 5.32 Å². The summed E-state index contributed by atoms with van der Waals surface area (Å²) in [7, 11) is 0. The number of aliphatic hydroxyl groups excluding tert-OH is 1. The van der Waals surface area contributed by atoms with E-state index in [-0.39, 0.29) is 6.73 Å². The highest BCUT2D eigenvalue weighted by Gasteiger charge is 2.00. The van der Waals surface area contributed by atoms with Crippen molar-refractivity contribution < 1.29 is 5.11 Å². The van der Waals surface area contributed by atoms with Crippen molar-refractivity contribution in [2.75, 3.05) is 12.0 Å². The first-order valence-electron chi connectivity index (χ1n) is 3.76. The first-order valence-corrected chi connectivity index (χ1v) is 4.56. The fourth-order valence-electron chi connectivity index (χ4n) is 1.14. The molecule has 0 aromatic heterocycles. The van der Waals surface area contributed by atoms with Crippen LogP contribution in [0.1, 0.15) is 11.1 Å². The van der Waals surface area contributed by atoms with Crippen LogP contribution in [0.2, 0.25) is 0 Å². The summed E-state index contributed by atoms with van der Waals surface area (Å²) in [5.74, 6) is 0. The van der Waals surface area contributed by atoms with Gasteiger partial charge in [-0.15, -0.1) is 0 Å². The molecule has 0 amide bonds. The molecule has 1 rings (SSSR count). The first-order chi connectivity index (χ1) is 5.65. The number of benzene rings is 1. The Morgan fingerprint density at radius 2 is 1.83 bits per heavy atom. The lowest BCUT2D eigenvalue weighted by Gasteiger charge is -2.07. The van der Waals surface area contributed by atoms with Crippen molar-refractivity contribution in [3.63, 3.8) is 0 Å². The van der Waals surface area contributed by atoms with E-state index in [0.29, 0.717) is 0 Å². The number of halogens is 1. The molecule has 3 heteroatoms. The quantitative estimate of drug-likeness (QED) is 0.764. The van der Waals surface area contributed by atoms with Crippen LogP contribution in [-0.4, -0.2) is 11.8 Å². The van der Waals surface area contributed by atoms with Gasteiger partial charge in [0.1, 0.15) is 6.73 Å². The van der Waals surface area contributed by atoms with Gasteiger partial charge in [-0.05, 0) is 37.1 Å². The molecule has 12 heavy (non-hydrogen) atoms. The fourth-order valence-corrected chi connectivity index (χ4v) is 1.37. The Labute approximate surface area is 80.7 Å². The predicted octanol–water partition coefficient (Wildman–Crippen LogP) is 2.43. The zero-order valence-corrected chi connectivity index (χ0v) is 8.77. The molecule has 1 aromatic carbocycles. The van der Waals surface area contributed by atoms with E-state index in [1.54, 1.807) is 0 Å². The van der Waals surface area contributed by atoms with E-state index in [4.69, 9.17) is 5.11 Å². The smallest absolute Gasteiger partial charge is 0.113 e. The SMILES string of the molecule is Cc1cc(NCO)cc(C)c1Br. The van der Waals surface area contributed by atoms with Gasteiger partial charge in [-0.2, -0.15) is 0 Å². The number of aliphatic hydroxyl groups is 1. The molecule has 0 atom stereocenters. The number of rotatable bonds is 2. The molecule has 0 aliphatic rings. The molecular formula is C9H12BrNO. The fraction of sp³-hybridized carbons (Fsp3) is 0.333. The minimum absolute atomic E-state index is 0.0273. The Balaban J connectivity index is 3.04. The van der Waals surface area contributed by atoms with Crippen LogP contribution in [0.5, 0.6) is 0 Å². The van der Waals surface area contributed by atoms with Crippen molar-refractivity contribution in [1.29, 1.82) is 0 Å². The third-order valence-corrected chi connectivity index (χ3v) is 2.97. The van der Waals surface area contributed by atoms with Crippen molar-refractivity contribution in [3.8, 4) is 0 Å². The lowest BCUT2D eigenvalue weighted by atomic mass is 10.1. The van der Waals surface area contributed by atoms with E-state index in [1.165, 1.54) is 11.1 Å². The molecule has 0 unspecified atom stereocenters. The van der Waals surface area contributed by atoms with E-state index in [9.17, 15) is 0 Å². The Kier molecular flexibility index (Phi) is 3.12. The second kappa shape index (κ2) is 3.92. The van der Waals surface area contributed by atoms with Crippen molar-refractivity contribution in [1.82, 2.24) is 0 Å². The first kappa shape index (κ1) is 9.55. The molecule has 0 bridgehead atoms. The second-order valence-corrected chi connectivity index (χ2v) is 3.55. The summed E-state index contributed by atoms with van der Waals surface area (Å²) < 4.78 is 1.13. The highest BCUT2D eigenvalue weighted by molar-refractivity contribution is 9.10. The normalized spacial score (nSPS) is 10.0. The standard InChI is InChI=1S/C9H12BrNO/c1-6-3-8(11-5-12)4-7(2)9(6)10/h3-4,11-12H,5H2,1-2H3. The summed E-state index contributed by atoms with van der Waals surface area (Å²) in [5.41, 5.74) is 3.30. The lowest BCUT2D eigenvalue weighted by molar-refractivity contribution is 0.325. The van der Waals surface area contributed by atoms with Crippen LogP contribution in [-0.2, 0) is 0 Å². The van der Waals surface area contributed by atoms with Gasteiger partial charge in [0.25, 0.3) is 0 Å². The van der Waals surface area contributed by atoms with Crippen LogP contribution in [0.3, 0.4) is 0 Å². The van der Waals surface area contributed by atoms with E-state index in [0.717, 1.165) is 10.2 Å². The summed E-state index contributed by atoms with van der Waals surface area (Å²) in [4.78, 5) is 0. The van der Waals surface area contributed by atoms with E-state index in [2.05, 4.69) is 21.2 Å². The molecule has 0 saturated heterocycles. The van der Waals surface area contributed by atoms with Gasteiger partial charge in [-0.3, -0.25) is 0 Å². The van der Waals surface area contributed by atoms with E-state index >= 15 is 0 Å². The van der Waals surface area contributed by atoms with Crippen LogP contribution >= 0.6 is 15.9 Å². The van der Waals surface area contributed by atoms with Gasteiger partial charge < -0.3 is 10.4 Å². The summed E-state index contributed by atoms with van der Waals surface area (Å²) in [6.07, 6.45) is 0. The largest absolute Gasteiger partial charge is 0.377 e. The summed E-state index contributed by atoms with van der Waals surface area (Å²) in [5, 5.41) is 11.5. The molecule has 0 aliphatic heterocycles. The Morgan fingerprint density at radius 1 is 1.33 bits per heavy atom. The Bertz CT molecular complexity index is 263. The maximum absolute atomic E-state index is 8.65. The highest BCUT2D eigenvalue weighted by Crippen LogP contribution is 2.24. The number of hydrogen-bond acceptors (Lipinski definition) is 2. The molecule has 0 fully saturated rings. The number of hydrogen-bond donors (Lipinski definition) is 2. The average molecular weight is 230 g/mol. The van der Waals surface area contributed by atoms with Crippen LogP contribution in [0.25, 0.3) is 0 Å². The third-order valence-electron chi connectivity index (χ3n) is 1.72. The Morgan fingerprint density at radius 3 is 2.25 bits per heavy atom. The summed E-state index contributed by atoms with van der Waals surface area (Å²) >= 11 is 3.47. The number of aryl methyl sites for hydroxylation is 2. The predicted molar refractivity (Wildman–Crippen MR) is 54.3 cm³/mol. The Hall–Kier alpha value is -0.540. The molecule has 0 aliphatic carbocycles. The maximum Gasteiger partial charge on any atom is 0.113 e. The zero-order chi connectivity index (χ0) is 9.14. The van der Waals surface area contributed by atoms with Crippen LogP contribution in [0, 0.1) is 13.8 Å². The molecule has 2 N–H and O–H groups in total. The monoisotopic (exact) mass is 229 g/mol. The van der Waals surface area contributed by atoms with E-state index < -0.39 is 0 Å². The molecule has 0 spiro atoms. The molecule has 0 radical (unpaired) electrons. The summed E-state index contributed by atoms with van der Waals surface area (Å²) in [6, 6.07) is 3.99. The molecule has 0 saturated carbocycles. The summed E-state index contributed by atoms with van der Waals surface area (Å²) in [6.45, 7) is 4.03. The molecule has 1 aromatic rings. The topological polar surface area (TPSA) is 32.3 Å². The van der Waals surface area contributed by atoms with Crippen LogP contribution in [0.15, 0.2) is 16.6 Å². The molecular weight excluding hydrogens is 218 g/mol. The number of anilines is 1. The molecule has 66 valence electrons. The van der Waals surface area contributed by atoms with Crippen molar-refractivity contribution in [3.05, 3.63) is 27.7 Å². The van der Waals surface area contributed by atoms with Crippen LogP contribution in [0.4, 0.5) is 5.69 Å². The highest BCUT2D eigenvalue weighted by atomic mass is 79.9. The van der Waals surface area contributed by atoms with Gasteiger partial charge in [-0.1, -0.05) is 15.9 Å². The minimum atomic E-state index is -0.0273. The minimum Gasteiger partial charge on any atom is -0.377 e.